The number of hydrogen-bond acceptors (Lipinski definition) is 5. The van der Waals surface area contributed by atoms with Gasteiger partial charge in [-0.25, -0.2) is 9.78 Å². The summed E-state index contributed by atoms with van der Waals surface area (Å²) in [5.74, 6) is -3.02. The third kappa shape index (κ3) is 4.59. The van der Waals surface area contributed by atoms with E-state index in [2.05, 4.69) is 9.72 Å². The van der Waals surface area contributed by atoms with Crippen LogP contribution in [0, 0.1) is 13.8 Å². The average Bonchev–Trinajstić information content (AvgIpc) is 2.60. The van der Waals surface area contributed by atoms with Crippen molar-refractivity contribution >= 4 is 17.7 Å². The summed E-state index contributed by atoms with van der Waals surface area (Å²) in [5, 5.41) is 3.81. The van der Waals surface area contributed by atoms with E-state index in [0.29, 0.717) is 11.1 Å². The number of nitrogens with one attached hydrogen (secondary N) is 2. The molecule has 0 saturated heterocycles. The van der Waals surface area contributed by atoms with Crippen LogP contribution in [0.15, 0.2) is 42.6 Å². The van der Waals surface area contributed by atoms with Crippen LogP contribution < -0.4 is 10.6 Å². The molecule has 1 amide bonds. The standard InChI is InChI=1S/C19H20F3N3O3/c1-4-28-17(27)18(19(20,21)22,24-15-11-13(3)8-9-23-15)25-16(26)14-7-5-6-12(2)10-14/h5-11H,4H2,1-3H3,(H,23,24)(H,25,26)/t18-/m0/s1. The zero-order valence-corrected chi connectivity index (χ0v) is 15.6. The summed E-state index contributed by atoms with van der Waals surface area (Å²) >= 11 is 0. The van der Waals surface area contributed by atoms with Crippen LogP contribution in [0.1, 0.15) is 28.4 Å². The second kappa shape index (κ2) is 8.28. The SMILES string of the molecule is CCOC(=O)[C@@](NC(=O)c1cccc(C)c1)(Nc1cc(C)ccn1)C(F)(F)F. The lowest BCUT2D eigenvalue weighted by molar-refractivity contribution is -0.204. The van der Waals surface area contributed by atoms with Crippen LogP contribution in [-0.4, -0.2) is 35.3 Å². The molecule has 0 radical (unpaired) electrons. The largest absolute Gasteiger partial charge is 0.463 e. The lowest BCUT2D eigenvalue weighted by Gasteiger charge is -2.35. The van der Waals surface area contributed by atoms with Crippen molar-refractivity contribution in [2.45, 2.75) is 32.6 Å². The predicted octanol–water partition coefficient (Wildman–Crippen LogP) is 3.36. The van der Waals surface area contributed by atoms with E-state index in [9.17, 15) is 22.8 Å². The number of carbonyl (C=O) groups excluding carboxylic acids is 2. The highest BCUT2D eigenvalue weighted by Crippen LogP contribution is 2.33. The van der Waals surface area contributed by atoms with E-state index in [-0.39, 0.29) is 18.0 Å². The minimum atomic E-state index is -5.22. The Hall–Kier alpha value is -3.10. The van der Waals surface area contributed by atoms with Crippen LogP contribution in [0.4, 0.5) is 19.0 Å². The number of amides is 1. The van der Waals surface area contributed by atoms with E-state index in [4.69, 9.17) is 0 Å². The van der Waals surface area contributed by atoms with Crippen molar-refractivity contribution in [3.8, 4) is 0 Å². The lowest BCUT2D eigenvalue weighted by Crippen LogP contribution is -2.69. The molecule has 2 aromatic rings. The first-order valence-electron chi connectivity index (χ1n) is 8.43. The molecule has 6 nitrogen and oxygen atoms in total. The molecule has 0 aliphatic rings. The number of pyridine rings is 1. The molecule has 1 aromatic heterocycles. The quantitative estimate of drug-likeness (QED) is 0.579. The number of benzene rings is 1. The number of ether oxygens (including phenoxy) is 1. The Morgan fingerprint density at radius 2 is 1.79 bits per heavy atom. The molecule has 0 bridgehead atoms. The van der Waals surface area contributed by atoms with E-state index >= 15 is 0 Å². The Balaban J connectivity index is 2.52. The fourth-order valence-corrected chi connectivity index (χ4v) is 2.46. The van der Waals surface area contributed by atoms with Crippen molar-refractivity contribution in [1.82, 2.24) is 10.3 Å². The maximum Gasteiger partial charge on any atom is 0.441 e. The number of aromatic nitrogens is 1. The van der Waals surface area contributed by atoms with Gasteiger partial charge in [-0.3, -0.25) is 4.79 Å². The highest BCUT2D eigenvalue weighted by Gasteiger charge is 2.64. The van der Waals surface area contributed by atoms with Crippen LogP contribution in [-0.2, 0) is 9.53 Å². The zero-order chi connectivity index (χ0) is 20.9. The number of aryl methyl sites for hydroxylation is 2. The maximum absolute atomic E-state index is 14.1. The highest BCUT2D eigenvalue weighted by atomic mass is 19.4. The van der Waals surface area contributed by atoms with Gasteiger partial charge in [0.05, 0.1) is 6.61 Å². The first-order valence-corrected chi connectivity index (χ1v) is 8.43. The van der Waals surface area contributed by atoms with Gasteiger partial charge in [0.25, 0.3) is 5.91 Å². The van der Waals surface area contributed by atoms with Crippen molar-refractivity contribution in [1.29, 1.82) is 0 Å². The number of alkyl halides is 3. The van der Waals surface area contributed by atoms with Gasteiger partial charge in [0.2, 0.25) is 0 Å². The molecular formula is C19H20F3N3O3. The molecule has 2 N–H and O–H groups in total. The molecule has 1 atom stereocenters. The molecule has 1 aromatic carbocycles. The third-order valence-corrected chi connectivity index (χ3v) is 3.82. The summed E-state index contributed by atoms with van der Waals surface area (Å²) in [6.45, 7) is 4.40. The van der Waals surface area contributed by atoms with Gasteiger partial charge in [0.1, 0.15) is 5.82 Å². The van der Waals surface area contributed by atoms with Crippen molar-refractivity contribution in [2.75, 3.05) is 11.9 Å². The van der Waals surface area contributed by atoms with Crippen LogP contribution in [0.5, 0.6) is 0 Å². The number of rotatable bonds is 6. The molecule has 0 aliphatic carbocycles. The molecule has 150 valence electrons. The van der Waals surface area contributed by atoms with Gasteiger partial charge in [0, 0.05) is 11.8 Å². The van der Waals surface area contributed by atoms with Gasteiger partial charge in [-0.1, -0.05) is 17.7 Å². The molecule has 0 aliphatic heterocycles. The van der Waals surface area contributed by atoms with Crippen LogP contribution in [0.3, 0.4) is 0 Å². The van der Waals surface area contributed by atoms with E-state index in [1.807, 2.05) is 5.32 Å². The van der Waals surface area contributed by atoms with Gasteiger partial charge < -0.3 is 15.4 Å². The summed E-state index contributed by atoms with van der Waals surface area (Å²) in [6, 6.07) is 8.87. The van der Waals surface area contributed by atoms with Gasteiger partial charge in [-0.05, 0) is 50.6 Å². The summed E-state index contributed by atoms with van der Waals surface area (Å²) in [4.78, 5) is 28.7. The Morgan fingerprint density at radius 1 is 1.11 bits per heavy atom. The zero-order valence-electron chi connectivity index (χ0n) is 15.6. The van der Waals surface area contributed by atoms with Crippen molar-refractivity contribution < 1.29 is 27.5 Å². The molecule has 28 heavy (non-hydrogen) atoms. The van der Waals surface area contributed by atoms with Crippen LogP contribution >= 0.6 is 0 Å². The van der Waals surface area contributed by atoms with Gasteiger partial charge in [0.15, 0.2) is 0 Å². The predicted molar refractivity (Wildman–Crippen MR) is 96.7 cm³/mol. The van der Waals surface area contributed by atoms with Gasteiger partial charge in [-0.15, -0.1) is 0 Å². The fraction of sp³-hybridized carbons (Fsp3) is 0.316. The number of carbonyl (C=O) groups is 2. The number of esters is 1. The monoisotopic (exact) mass is 395 g/mol. The summed E-state index contributed by atoms with van der Waals surface area (Å²) in [7, 11) is 0. The first-order chi connectivity index (χ1) is 13.1. The average molecular weight is 395 g/mol. The number of nitrogens with zero attached hydrogens (tertiary/aromatic N) is 1. The number of halogens is 3. The van der Waals surface area contributed by atoms with E-state index < -0.39 is 23.7 Å². The molecular weight excluding hydrogens is 375 g/mol. The van der Waals surface area contributed by atoms with E-state index in [0.717, 1.165) is 0 Å². The molecule has 0 spiro atoms. The second-order valence-electron chi connectivity index (χ2n) is 6.14. The van der Waals surface area contributed by atoms with Gasteiger partial charge >= 0.3 is 17.8 Å². The lowest BCUT2D eigenvalue weighted by atomic mass is 10.1. The minimum Gasteiger partial charge on any atom is -0.463 e. The first kappa shape index (κ1) is 21.2. The minimum absolute atomic E-state index is 0.0306. The maximum atomic E-state index is 14.1. The molecule has 2 rings (SSSR count). The number of anilines is 1. The van der Waals surface area contributed by atoms with E-state index in [1.165, 1.54) is 37.4 Å². The topological polar surface area (TPSA) is 80.3 Å². The Bertz CT molecular complexity index is 871. The third-order valence-electron chi connectivity index (χ3n) is 3.82. The van der Waals surface area contributed by atoms with Crippen LogP contribution in [0.2, 0.25) is 0 Å². The molecule has 9 heteroatoms. The summed E-state index contributed by atoms with van der Waals surface area (Å²) < 4.78 is 46.9. The highest BCUT2D eigenvalue weighted by molar-refractivity contribution is 5.99. The van der Waals surface area contributed by atoms with Crippen molar-refractivity contribution in [2.24, 2.45) is 0 Å². The summed E-state index contributed by atoms with van der Waals surface area (Å²) in [6.07, 6.45) is -3.93. The van der Waals surface area contributed by atoms with Crippen molar-refractivity contribution in [3.05, 3.63) is 59.3 Å². The van der Waals surface area contributed by atoms with Crippen LogP contribution in [0.25, 0.3) is 0 Å². The molecule has 0 fully saturated rings. The summed E-state index contributed by atoms with van der Waals surface area (Å²) in [5.41, 5.74) is -2.25. The molecule has 0 unspecified atom stereocenters. The Kier molecular flexibility index (Phi) is 6.27. The molecule has 1 heterocycles. The fourth-order valence-electron chi connectivity index (χ4n) is 2.46. The number of hydrogen-bond donors (Lipinski definition) is 2. The Labute approximate surface area is 160 Å². The van der Waals surface area contributed by atoms with E-state index in [1.54, 1.807) is 31.3 Å². The normalized spacial score (nSPS) is 13.4. The second-order valence-corrected chi connectivity index (χ2v) is 6.14. The Morgan fingerprint density at radius 3 is 2.36 bits per heavy atom. The molecule has 0 saturated carbocycles. The van der Waals surface area contributed by atoms with Gasteiger partial charge in [-0.2, -0.15) is 13.2 Å². The smallest absolute Gasteiger partial charge is 0.441 e. The van der Waals surface area contributed by atoms with Crippen molar-refractivity contribution in [3.63, 3.8) is 0 Å².